The zero-order valence-corrected chi connectivity index (χ0v) is 13.2. The molecule has 1 aliphatic carbocycles. The lowest BCUT2D eigenvalue weighted by molar-refractivity contribution is 0.0932. The Morgan fingerprint density at radius 3 is 2.81 bits per heavy atom. The van der Waals surface area contributed by atoms with Crippen molar-refractivity contribution in [2.45, 2.75) is 51.1 Å². The van der Waals surface area contributed by atoms with Crippen LogP contribution in [0, 0.1) is 5.92 Å². The molecule has 1 saturated carbocycles. The van der Waals surface area contributed by atoms with Gasteiger partial charge in [-0.2, -0.15) is 0 Å². The van der Waals surface area contributed by atoms with Gasteiger partial charge in [-0.15, -0.1) is 17.5 Å². The largest absolute Gasteiger partial charge is 0.348 e. The van der Waals surface area contributed by atoms with Crippen LogP contribution in [0.1, 0.15) is 55.6 Å². The topological polar surface area (TPSA) is 71.8 Å². The molecule has 1 amide bonds. The summed E-state index contributed by atoms with van der Waals surface area (Å²) >= 11 is 0. The highest BCUT2D eigenvalue weighted by atomic mass is 35.5. The second kappa shape index (κ2) is 7.22. The van der Waals surface area contributed by atoms with Crippen LogP contribution in [0.2, 0.25) is 0 Å². The lowest BCUT2D eigenvalue weighted by Crippen LogP contribution is -2.33. The first-order valence-corrected chi connectivity index (χ1v) is 7.66. The maximum Gasteiger partial charge on any atom is 0.273 e. The summed E-state index contributed by atoms with van der Waals surface area (Å²) < 4.78 is 1.85. The first-order valence-electron chi connectivity index (χ1n) is 7.66. The number of rotatable bonds is 5. The van der Waals surface area contributed by atoms with Gasteiger partial charge in [0.1, 0.15) is 0 Å². The van der Waals surface area contributed by atoms with Crippen molar-refractivity contribution in [3.05, 3.63) is 11.9 Å². The molecule has 0 aromatic carbocycles. The number of aromatic nitrogens is 3. The van der Waals surface area contributed by atoms with Crippen molar-refractivity contribution in [1.29, 1.82) is 0 Å². The van der Waals surface area contributed by atoms with E-state index < -0.39 is 0 Å². The predicted octanol–water partition coefficient (Wildman–Crippen LogP) is 1.54. The maximum atomic E-state index is 12.1. The van der Waals surface area contributed by atoms with Crippen LogP contribution in [-0.4, -0.2) is 40.0 Å². The first kappa shape index (κ1) is 16.2. The molecule has 3 rings (SSSR count). The Bertz CT molecular complexity index is 468. The summed E-state index contributed by atoms with van der Waals surface area (Å²) in [6, 6.07) is 0.591. The molecule has 2 N–H and O–H groups in total. The predicted molar refractivity (Wildman–Crippen MR) is 82.7 cm³/mol. The zero-order chi connectivity index (χ0) is 13.9. The highest BCUT2D eigenvalue weighted by molar-refractivity contribution is 5.92. The fourth-order valence-corrected chi connectivity index (χ4v) is 2.84. The fraction of sp³-hybridized carbons (Fsp3) is 0.786. The number of carbonyl (C=O) groups excluding carboxylic acids is 1. The molecule has 118 valence electrons. The van der Waals surface area contributed by atoms with Crippen LogP contribution in [0.3, 0.4) is 0 Å². The van der Waals surface area contributed by atoms with Gasteiger partial charge in [-0.25, -0.2) is 4.68 Å². The Morgan fingerprint density at radius 1 is 1.43 bits per heavy atom. The van der Waals surface area contributed by atoms with Crippen molar-refractivity contribution in [2.75, 3.05) is 13.1 Å². The Hall–Kier alpha value is -1.14. The second-order valence-electron chi connectivity index (χ2n) is 6.12. The van der Waals surface area contributed by atoms with Gasteiger partial charge in [-0.05, 0) is 45.2 Å². The molecular formula is C14H24ClN5O. The molecule has 7 heteroatoms. The van der Waals surface area contributed by atoms with E-state index in [2.05, 4.69) is 27.9 Å². The lowest BCUT2D eigenvalue weighted by atomic mass is 10.1. The summed E-state index contributed by atoms with van der Waals surface area (Å²) in [5.41, 5.74) is 0.436. The number of nitrogens with one attached hydrogen (secondary N) is 2. The minimum atomic E-state index is -0.0988. The van der Waals surface area contributed by atoms with Crippen LogP contribution in [0.25, 0.3) is 0 Å². The fourth-order valence-electron chi connectivity index (χ4n) is 2.84. The van der Waals surface area contributed by atoms with Crippen LogP contribution in [0.4, 0.5) is 0 Å². The lowest BCUT2D eigenvalue weighted by Gasteiger charge is -2.22. The molecule has 0 spiro atoms. The summed E-state index contributed by atoms with van der Waals surface area (Å²) in [6.45, 7) is 4.07. The Labute approximate surface area is 131 Å². The normalized spacial score (nSPS) is 20.6. The summed E-state index contributed by atoms with van der Waals surface area (Å²) in [5.74, 6) is 0.717. The van der Waals surface area contributed by atoms with Crippen molar-refractivity contribution in [1.82, 2.24) is 25.6 Å². The van der Waals surface area contributed by atoms with Crippen molar-refractivity contribution < 1.29 is 4.79 Å². The minimum Gasteiger partial charge on any atom is -0.348 e. The second-order valence-corrected chi connectivity index (χ2v) is 6.12. The molecule has 1 saturated heterocycles. The van der Waals surface area contributed by atoms with Gasteiger partial charge >= 0.3 is 0 Å². The van der Waals surface area contributed by atoms with Gasteiger partial charge in [0.05, 0.1) is 12.2 Å². The number of hydrogen-bond acceptors (Lipinski definition) is 4. The molecule has 2 fully saturated rings. The molecule has 1 aromatic heterocycles. The Balaban J connectivity index is 0.00000161. The number of hydrogen-bond donors (Lipinski definition) is 2. The van der Waals surface area contributed by atoms with E-state index in [9.17, 15) is 4.79 Å². The monoisotopic (exact) mass is 313 g/mol. The van der Waals surface area contributed by atoms with Crippen LogP contribution in [0.15, 0.2) is 6.20 Å². The van der Waals surface area contributed by atoms with E-state index in [1.165, 1.54) is 12.8 Å². The zero-order valence-electron chi connectivity index (χ0n) is 12.4. The smallest absolute Gasteiger partial charge is 0.273 e. The molecule has 2 aliphatic rings. The summed E-state index contributed by atoms with van der Waals surface area (Å²) in [6.07, 6.45) is 7.58. The third kappa shape index (κ3) is 4.41. The summed E-state index contributed by atoms with van der Waals surface area (Å²) in [5, 5.41) is 14.5. The molecule has 21 heavy (non-hydrogen) atoms. The van der Waals surface area contributed by atoms with Crippen molar-refractivity contribution in [3.63, 3.8) is 0 Å². The Kier molecular flexibility index (Phi) is 5.58. The van der Waals surface area contributed by atoms with E-state index in [0.717, 1.165) is 38.3 Å². The number of carbonyl (C=O) groups is 1. The average Bonchev–Trinajstić information content (AvgIpc) is 3.12. The van der Waals surface area contributed by atoms with E-state index in [4.69, 9.17) is 0 Å². The van der Waals surface area contributed by atoms with E-state index in [-0.39, 0.29) is 24.4 Å². The summed E-state index contributed by atoms with van der Waals surface area (Å²) in [4.78, 5) is 12.1. The minimum absolute atomic E-state index is 0. The van der Waals surface area contributed by atoms with E-state index in [0.29, 0.717) is 11.7 Å². The quantitative estimate of drug-likeness (QED) is 0.865. The van der Waals surface area contributed by atoms with Crippen LogP contribution < -0.4 is 10.6 Å². The van der Waals surface area contributed by atoms with Crippen LogP contribution in [0.5, 0.6) is 0 Å². The number of piperidine rings is 1. The van der Waals surface area contributed by atoms with Gasteiger partial charge in [0.15, 0.2) is 5.69 Å². The molecule has 2 heterocycles. The average molecular weight is 314 g/mol. The van der Waals surface area contributed by atoms with Crippen molar-refractivity contribution >= 4 is 18.3 Å². The molecule has 0 bridgehead atoms. The third-order valence-corrected chi connectivity index (χ3v) is 4.19. The highest BCUT2D eigenvalue weighted by Gasteiger charge is 2.25. The molecule has 1 aromatic rings. The molecule has 0 radical (unpaired) electrons. The molecule has 1 atom stereocenters. The molecule has 1 unspecified atom stereocenters. The standard InChI is InChI=1S/C14H23N5O.ClH/c1-10(8-11-2-3-11)16-14(20)13-9-19(18-17-13)12-4-6-15-7-5-12;/h9-12,15H,2-8H2,1H3,(H,16,20);1H. The highest BCUT2D eigenvalue weighted by Crippen LogP contribution is 2.33. The Morgan fingerprint density at radius 2 is 2.14 bits per heavy atom. The van der Waals surface area contributed by atoms with E-state index in [1.807, 2.05) is 4.68 Å². The van der Waals surface area contributed by atoms with Crippen LogP contribution in [-0.2, 0) is 0 Å². The van der Waals surface area contributed by atoms with Crippen LogP contribution >= 0.6 is 12.4 Å². The molecule has 1 aliphatic heterocycles. The molecular weight excluding hydrogens is 290 g/mol. The van der Waals surface area contributed by atoms with Gasteiger partial charge < -0.3 is 10.6 Å². The van der Waals surface area contributed by atoms with Gasteiger partial charge in [0.25, 0.3) is 5.91 Å². The molecule has 6 nitrogen and oxygen atoms in total. The van der Waals surface area contributed by atoms with E-state index >= 15 is 0 Å². The maximum absolute atomic E-state index is 12.1. The van der Waals surface area contributed by atoms with Gasteiger partial charge in [-0.3, -0.25) is 4.79 Å². The SMILES string of the molecule is CC(CC1CC1)NC(=O)c1cn(C2CCNCC2)nn1.Cl. The van der Waals surface area contributed by atoms with Gasteiger partial charge in [0, 0.05) is 6.04 Å². The van der Waals surface area contributed by atoms with E-state index in [1.54, 1.807) is 6.20 Å². The number of halogens is 1. The summed E-state index contributed by atoms with van der Waals surface area (Å²) in [7, 11) is 0. The third-order valence-electron chi connectivity index (χ3n) is 4.19. The number of nitrogens with zero attached hydrogens (tertiary/aromatic N) is 3. The first-order chi connectivity index (χ1) is 9.72. The van der Waals surface area contributed by atoms with Gasteiger partial charge in [-0.1, -0.05) is 18.1 Å². The van der Waals surface area contributed by atoms with Crippen molar-refractivity contribution in [3.8, 4) is 0 Å². The van der Waals surface area contributed by atoms with Crippen molar-refractivity contribution in [2.24, 2.45) is 5.92 Å². The number of amides is 1. The van der Waals surface area contributed by atoms with Gasteiger partial charge in [0.2, 0.25) is 0 Å².